The Balaban J connectivity index is 2.12. The summed E-state index contributed by atoms with van der Waals surface area (Å²) in [5.41, 5.74) is 1.98. The van der Waals surface area contributed by atoms with E-state index in [0.29, 0.717) is 11.1 Å². The minimum atomic E-state index is -0.485. The van der Waals surface area contributed by atoms with Crippen LogP contribution in [0.15, 0.2) is 53.0 Å². The second kappa shape index (κ2) is 8.18. The highest BCUT2D eigenvalue weighted by molar-refractivity contribution is 6.58. The largest absolute Gasteiger partial charge is 0.331 e. The lowest BCUT2D eigenvalue weighted by Gasteiger charge is -2.17. The van der Waals surface area contributed by atoms with Crippen molar-refractivity contribution < 1.29 is 9.18 Å². The Labute approximate surface area is 150 Å². The average molecular weight is 367 g/mol. The molecule has 2 aromatic carbocycles. The molecule has 2 rings (SSSR count). The van der Waals surface area contributed by atoms with Gasteiger partial charge in [-0.1, -0.05) is 65.7 Å². The van der Waals surface area contributed by atoms with Gasteiger partial charge in [-0.15, -0.1) is 0 Å². The molecule has 0 heterocycles. The topological polar surface area (TPSA) is 41.1 Å². The van der Waals surface area contributed by atoms with Gasteiger partial charge in [-0.05, 0) is 31.0 Å². The van der Waals surface area contributed by atoms with Crippen molar-refractivity contribution in [2.75, 3.05) is 0 Å². The van der Waals surface area contributed by atoms with Crippen LogP contribution in [0.25, 0.3) is 5.70 Å². The Hall–Kier alpha value is -2.04. The third kappa shape index (κ3) is 4.73. The maximum absolute atomic E-state index is 13.7. The molecule has 3 nitrogen and oxygen atoms in total. The summed E-state index contributed by atoms with van der Waals surface area (Å²) in [6.07, 6.45) is 0. The molecule has 1 atom stereocenters. The van der Waals surface area contributed by atoms with E-state index in [0.717, 1.165) is 5.56 Å². The van der Waals surface area contributed by atoms with Crippen LogP contribution in [0.3, 0.4) is 0 Å². The number of halogens is 3. The van der Waals surface area contributed by atoms with E-state index in [1.54, 1.807) is 19.1 Å². The van der Waals surface area contributed by atoms with E-state index in [1.807, 2.05) is 37.3 Å². The summed E-state index contributed by atoms with van der Waals surface area (Å²) in [6.45, 7) is 3.50. The molecule has 0 aromatic heterocycles. The molecule has 6 heteroatoms. The van der Waals surface area contributed by atoms with Gasteiger partial charge < -0.3 is 10.6 Å². The van der Waals surface area contributed by atoms with Gasteiger partial charge in [-0.3, -0.25) is 0 Å². The van der Waals surface area contributed by atoms with Crippen LogP contribution in [0.1, 0.15) is 29.7 Å². The highest BCUT2D eigenvalue weighted by Crippen LogP contribution is 2.24. The minimum absolute atomic E-state index is 0.148. The Bertz CT molecular complexity index is 759. The normalized spacial score (nSPS) is 11.5. The van der Waals surface area contributed by atoms with Crippen molar-refractivity contribution in [3.05, 3.63) is 75.5 Å². The lowest BCUT2D eigenvalue weighted by atomic mass is 10.1. The summed E-state index contributed by atoms with van der Waals surface area (Å²) in [5.74, 6) is -0.403. The lowest BCUT2D eigenvalue weighted by Crippen LogP contribution is -2.36. The van der Waals surface area contributed by atoms with Gasteiger partial charge in [-0.25, -0.2) is 9.18 Å². The summed E-state index contributed by atoms with van der Waals surface area (Å²) in [6, 6.07) is 13.3. The number of carbonyl (C=O) groups is 1. The fourth-order valence-corrected chi connectivity index (χ4v) is 2.46. The van der Waals surface area contributed by atoms with Crippen LogP contribution in [-0.4, -0.2) is 6.03 Å². The summed E-state index contributed by atoms with van der Waals surface area (Å²) < 4.78 is 13.6. The number of hydrogen-bond donors (Lipinski definition) is 2. The summed E-state index contributed by atoms with van der Waals surface area (Å²) in [7, 11) is 0. The first-order valence-electron chi connectivity index (χ1n) is 7.32. The van der Waals surface area contributed by atoms with E-state index in [4.69, 9.17) is 23.2 Å². The Kier molecular flexibility index (Phi) is 6.23. The van der Waals surface area contributed by atoms with Crippen molar-refractivity contribution >= 4 is 34.9 Å². The molecule has 0 saturated carbocycles. The van der Waals surface area contributed by atoms with E-state index in [2.05, 4.69) is 10.6 Å². The molecule has 126 valence electrons. The molecule has 0 unspecified atom stereocenters. The van der Waals surface area contributed by atoms with Gasteiger partial charge in [-0.2, -0.15) is 0 Å². The van der Waals surface area contributed by atoms with Gasteiger partial charge in [0.05, 0.1) is 11.7 Å². The van der Waals surface area contributed by atoms with Gasteiger partial charge in [0, 0.05) is 5.56 Å². The van der Waals surface area contributed by atoms with Crippen LogP contribution in [-0.2, 0) is 0 Å². The highest BCUT2D eigenvalue weighted by Gasteiger charge is 2.14. The van der Waals surface area contributed by atoms with E-state index in [-0.39, 0.29) is 16.2 Å². The first kappa shape index (κ1) is 18.3. The van der Waals surface area contributed by atoms with E-state index >= 15 is 0 Å². The van der Waals surface area contributed by atoms with Crippen LogP contribution < -0.4 is 10.6 Å². The van der Waals surface area contributed by atoms with Crippen molar-refractivity contribution in [1.82, 2.24) is 10.6 Å². The van der Waals surface area contributed by atoms with Crippen molar-refractivity contribution in [1.29, 1.82) is 0 Å². The first-order valence-corrected chi connectivity index (χ1v) is 8.08. The predicted molar refractivity (Wildman–Crippen MR) is 96.3 cm³/mol. The molecule has 0 radical (unpaired) electrons. The third-order valence-electron chi connectivity index (χ3n) is 3.54. The van der Waals surface area contributed by atoms with Gasteiger partial charge >= 0.3 is 6.03 Å². The smallest absolute Gasteiger partial charge is 0.319 e. The molecule has 0 aliphatic heterocycles. The number of carbonyl (C=O) groups excluding carboxylic acids is 1. The second-order valence-electron chi connectivity index (χ2n) is 5.33. The van der Waals surface area contributed by atoms with Crippen molar-refractivity contribution in [3.63, 3.8) is 0 Å². The van der Waals surface area contributed by atoms with Gasteiger partial charge in [0.1, 0.15) is 10.3 Å². The van der Waals surface area contributed by atoms with Crippen molar-refractivity contribution in [2.24, 2.45) is 0 Å². The third-order valence-corrected chi connectivity index (χ3v) is 3.91. The van der Waals surface area contributed by atoms with Crippen LogP contribution in [0, 0.1) is 12.7 Å². The van der Waals surface area contributed by atoms with Crippen LogP contribution in [0.2, 0.25) is 0 Å². The quantitative estimate of drug-likeness (QED) is 0.757. The number of aryl methyl sites for hydroxylation is 1. The van der Waals surface area contributed by atoms with Gasteiger partial charge in [0.15, 0.2) is 0 Å². The number of nitrogens with one attached hydrogen (secondary N) is 2. The fraction of sp³-hybridized carbons (Fsp3) is 0.167. The molecule has 2 aromatic rings. The van der Waals surface area contributed by atoms with Gasteiger partial charge in [0.2, 0.25) is 0 Å². The summed E-state index contributed by atoms with van der Waals surface area (Å²) in [4.78, 5) is 12.2. The SMILES string of the molecule is Cc1ccc(C(NC(=O)N[C@H](C)c2ccccc2)=C(Cl)Cl)cc1F. The van der Waals surface area contributed by atoms with Crippen molar-refractivity contribution in [3.8, 4) is 0 Å². The van der Waals surface area contributed by atoms with E-state index < -0.39 is 11.8 Å². The number of urea groups is 1. The standard InChI is InChI=1S/C18H17Cl2FN2O/c1-11-8-9-14(10-15(11)21)16(17(19)20)23-18(24)22-12(2)13-6-4-3-5-7-13/h3-10,12H,1-2H3,(H2,22,23,24)/t12-/m1/s1. The maximum Gasteiger partial charge on any atom is 0.319 e. The molecule has 0 spiro atoms. The first-order chi connectivity index (χ1) is 11.4. The van der Waals surface area contributed by atoms with Crippen LogP contribution in [0.5, 0.6) is 0 Å². The summed E-state index contributed by atoms with van der Waals surface area (Å²) in [5, 5.41) is 5.36. The van der Waals surface area contributed by atoms with Crippen LogP contribution in [0.4, 0.5) is 9.18 Å². The number of benzene rings is 2. The molecular weight excluding hydrogens is 350 g/mol. The zero-order valence-electron chi connectivity index (χ0n) is 13.2. The number of hydrogen-bond acceptors (Lipinski definition) is 1. The molecular formula is C18H17Cl2FN2O. The molecule has 24 heavy (non-hydrogen) atoms. The molecule has 0 fully saturated rings. The molecule has 0 saturated heterocycles. The average Bonchev–Trinajstić information content (AvgIpc) is 2.56. The Morgan fingerprint density at radius 2 is 1.79 bits per heavy atom. The minimum Gasteiger partial charge on any atom is -0.331 e. The zero-order chi connectivity index (χ0) is 17.7. The van der Waals surface area contributed by atoms with E-state index in [9.17, 15) is 9.18 Å². The summed E-state index contributed by atoms with van der Waals surface area (Å²) >= 11 is 11.7. The number of rotatable bonds is 4. The predicted octanol–water partition coefficient (Wildman–Crippen LogP) is 5.30. The second-order valence-corrected chi connectivity index (χ2v) is 6.28. The fourth-order valence-electron chi connectivity index (χ4n) is 2.15. The maximum atomic E-state index is 13.7. The van der Waals surface area contributed by atoms with Crippen molar-refractivity contribution in [2.45, 2.75) is 19.9 Å². The van der Waals surface area contributed by atoms with Gasteiger partial charge in [0.25, 0.3) is 0 Å². The highest BCUT2D eigenvalue weighted by atomic mass is 35.5. The van der Waals surface area contributed by atoms with Crippen LogP contribution >= 0.6 is 23.2 Å². The zero-order valence-corrected chi connectivity index (χ0v) is 14.8. The monoisotopic (exact) mass is 366 g/mol. The number of amides is 2. The van der Waals surface area contributed by atoms with E-state index in [1.165, 1.54) is 6.07 Å². The molecule has 0 aliphatic carbocycles. The molecule has 0 bridgehead atoms. The molecule has 0 aliphatic rings. The Morgan fingerprint density at radius 3 is 2.38 bits per heavy atom. The Morgan fingerprint density at radius 1 is 1.12 bits per heavy atom. The molecule has 2 N–H and O–H groups in total. The molecule has 2 amide bonds. The lowest BCUT2D eigenvalue weighted by molar-refractivity contribution is 0.242.